The molecule has 0 atom stereocenters. The lowest BCUT2D eigenvalue weighted by Crippen LogP contribution is -2.09. The molecule has 2 aromatic carbocycles. The van der Waals surface area contributed by atoms with Crippen LogP contribution in [0.15, 0.2) is 62.0 Å². The molecule has 4 heteroatoms. The smallest absolute Gasteiger partial charge is 0.310 e. The Morgan fingerprint density at radius 3 is 2.41 bits per heavy atom. The minimum absolute atomic E-state index is 0.137. The van der Waals surface area contributed by atoms with Crippen molar-refractivity contribution in [2.45, 2.75) is 45.8 Å². The van der Waals surface area contributed by atoms with Gasteiger partial charge in [-0.05, 0) is 36.2 Å². The van der Waals surface area contributed by atoms with Crippen LogP contribution in [-0.4, -0.2) is 12.6 Å². The first kappa shape index (κ1) is 15.5. The summed E-state index contributed by atoms with van der Waals surface area (Å²) in [5.74, 6) is -0.137. The molecule has 0 saturated heterocycles. The fourth-order valence-electron chi connectivity index (χ4n) is 2.23. The molecule has 0 radical (unpaired) electrons. The molecule has 22 heavy (non-hydrogen) atoms. The van der Waals surface area contributed by atoms with Crippen LogP contribution in [0.2, 0.25) is 0 Å². The number of hydrogen-bond acceptors (Lipinski definition) is 4. The third kappa shape index (κ3) is 3.68. The van der Waals surface area contributed by atoms with Crippen LogP contribution in [0.3, 0.4) is 0 Å². The summed E-state index contributed by atoms with van der Waals surface area (Å²) in [6, 6.07) is 14.7. The number of esters is 1. The van der Waals surface area contributed by atoms with Crippen LogP contribution in [0, 0.1) is 0 Å². The maximum atomic E-state index is 11.8. The Labute approximate surface area is 139 Å². The van der Waals surface area contributed by atoms with Crippen molar-refractivity contribution in [1.82, 2.24) is 0 Å². The Morgan fingerprint density at radius 2 is 1.68 bits per heavy atom. The van der Waals surface area contributed by atoms with Gasteiger partial charge < -0.3 is 4.74 Å². The molecule has 0 unspecified atom stereocenters. The van der Waals surface area contributed by atoms with E-state index < -0.39 is 0 Å². The summed E-state index contributed by atoms with van der Waals surface area (Å²) in [4.78, 5) is 16.9. The van der Waals surface area contributed by atoms with Crippen LogP contribution in [0.5, 0.6) is 0 Å². The number of rotatable bonds is 5. The van der Waals surface area contributed by atoms with Crippen molar-refractivity contribution in [1.29, 1.82) is 0 Å². The average molecular weight is 330 g/mol. The molecule has 0 N–H and O–H groups in total. The largest absolute Gasteiger partial charge is 0.465 e. The lowest BCUT2D eigenvalue weighted by atomic mass is 10.1. The zero-order valence-electron chi connectivity index (χ0n) is 12.5. The van der Waals surface area contributed by atoms with E-state index in [0.717, 1.165) is 18.4 Å². The van der Waals surface area contributed by atoms with Crippen molar-refractivity contribution in [2.24, 2.45) is 0 Å². The third-order valence-electron chi connectivity index (χ3n) is 3.41. The number of fused-ring (bicyclic) bond motifs is 2. The van der Waals surface area contributed by atoms with E-state index in [1.54, 1.807) is 23.5 Å². The highest BCUT2D eigenvalue weighted by Gasteiger charge is 2.17. The van der Waals surface area contributed by atoms with Crippen LogP contribution in [0.4, 0.5) is 0 Å². The highest BCUT2D eigenvalue weighted by Crippen LogP contribution is 2.48. The second kappa shape index (κ2) is 7.25. The Hall–Kier alpha value is -1.39. The van der Waals surface area contributed by atoms with Crippen molar-refractivity contribution in [3.8, 4) is 0 Å². The highest BCUT2D eigenvalue weighted by molar-refractivity contribution is 8.05. The molecule has 1 aliphatic rings. The second-order valence-electron chi connectivity index (χ2n) is 5.18. The van der Waals surface area contributed by atoms with Crippen LogP contribution >= 0.6 is 23.5 Å². The fourth-order valence-corrected chi connectivity index (χ4v) is 4.51. The minimum atomic E-state index is -0.137. The quantitative estimate of drug-likeness (QED) is 0.475. The first-order chi connectivity index (χ1) is 10.8. The van der Waals surface area contributed by atoms with E-state index in [2.05, 4.69) is 43.3 Å². The first-order valence-corrected chi connectivity index (χ1v) is 9.13. The van der Waals surface area contributed by atoms with E-state index in [0.29, 0.717) is 13.0 Å². The molecule has 2 aromatic rings. The van der Waals surface area contributed by atoms with Gasteiger partial charge in [0.05, 0.1) is 13.0 Å². The molecule has 0 saturated carbocycles. The standard InChI is InChI=1S/C18H18O2S2/c1-2-3-10-20-18(19)12-13-8-9-16-17(11-13)22-15-7-5-4-6-14(15)21-16/h4-9,11H,2-3,10,12H2,1H3. The predicted molar refractivity (Wildman–Crippen MR) is 90.7 cm³/mol. The second-order valence-corrected chi connectivity index (χ2v) is 7.35. The molecule has 2 nitrogen and oxygen atoms in total. The van der Waals surface area contributed by atoms with E-state index in [9.17, 15) is 4.79 Å². The molecule has 0 aromatic heterocycles. The molecule has 3 rings (SSSR count). The number of carbonyl (C=O) groups excluding carboxylic acids is 1. The van der Waals surface area contributed by atoms with Gasteiger partial charge in [0.15, 0.2) is 0 Å². The van der Waals surface area contributed by atoms with Crippen LogP contribution in [0.25, 0.3) is 0 Å². The van der Waals surface area contributed by atoms with Gasteiger partial charge in [-0.3, -0.25) is 4.79 Å². The topological polar surface area (TPSA) is 26.3 Å². The van der Waals surface area contributed by atoms with Crippen LogP contribution in [0.1, 0.15) is 25.3 Å². The van der Waals surface area contributed by atoms with Crippen molar-refractivity contribution in [3.63, 3.8) is 0 Å². The fraction of sp³-hybridized carbons (Fsp3) is 0.278. The summed E-state index contributed by atoms with van der Waals surface area (Å²) in [5.41, 5.74) is 1.02. The average Bonchev–Trinajstić information content (AvgIpc) is 2.53. The van der Waals surface area contributed by atoms with Gasteiger partial charge in [0.25, 0.3) is 0 Å². The zero-order valence-corrected chi connectivity index (χ0v) is 14.1. The number of carbonyl (C=O) groups is 1. The monoisotopic (exact) mass is 330 g/mol. The molecule has 0 fully saturated rings. The Balaban J connectivity index is 1.69. The Bertz CT molecular complexity index is 683. The van der Waals surface area contributed by atoms with Gasteiger partial charge in [0.1, 0.15) is 0 Å². The molecule has 1 aliphatic heterocycles. The van der Waals surface area contributed by atoms with Crippen molar-refractivity contribution >= 4 is 29.5 Å². The van der Waals surface area contributed by atoms with Crippen LogP contribution < -0.4 is 0 Å². The maximum absolute atomic E-state index is 11.8. The molecule has 0 amide bonds. The summed E-state index contributed by atoms with van der Waals surface area (Å²) in [6.45, 7) is 2.61. The van der Waals surface area contributed by atoms with E-state index in [1.165, 1.54) is 19.6 Å². The SMILES string of the molecule is CCCCOC(=O)Cc1ccc2c(c1)Sc1ccccc1S2. The summed E-state index contributed by atoms with van der Waals surface area (Å²) >= 11 is 3.56. The lowest BCUT2D eigenvalue weighted by molar-refractivity contribution is -0.142. The summed E-state index contributed by atoms with van der Waals surface area (Å²) in [7, 11) is 0. The van der Waals surface area contributed by atoms with E-state index in [1.807, 2.05) is 6.07 Å². The molecule has 1 heterocycles. The summed E-state index contributed by atoms with van der Waals surface area (Å²) in [5, 5.41) is 0. The molecular formula is C18H18O2S2. The Kier molecular flexibility index (Phi) is 5.11. The zero-order chi connectivity index (χ0) is 15.4. The van der Waals surface area contributed by atoms with Crippen molar-refractivity contribution in [3.05, 3.63) is 48.0 Å². The highest BCUT2D eigenvalue weighted by atomic mass is 32.2. The number of unbranched alkanes of at least 4 members (excludes halogenated alkanes) is 1. The van der Waals surface area contributed by atoms with E-state index in [4.69, 9.17) is 4.74 Å². The number of ether oxygens (including phenoxy) is 1. The summed E-state index contributed by atoms with van der Waals surface area (Å²) in [6.07, 6.45) is 2.32. The van der Waals surface area contributed by atoms with E-state index >= 15 is 0 Å². The van der Waals surface area contributed by atoms with Gasteiger partial charge in [-0.25, -0.2) is 0 Å². The molecular weight excluding hydrogens is 312 g/mol. The van der Waals surface area contributed by atoms with Crippen LogP contribution in [-0.2, 0) is 16.0 Å². The number of hydrogen-bond donors (Lipinski definition) is 0. The molecule has 114 valence electrons. The van der Waals surface area contributed by atoms with Crippen molar-refractivity contribution in [2.75, 3.05) is 6.61 Å². The van der Waals surface area contributed by atoms with Gasteiger partial charge in [0, 0.05) is 19.6 Å². The minimum Gasteiger partial charge on any atom is -0.465 e. The first-order valence-electron chi connectivity index (χ1n) is 7.49. The normalized spacial score (nSPS) is 12.4. The number of benzene rings is 2. The van der Waals surface area contributed by atoms with Gasteiger partial charge in [0.2, 0.25) is 0 Å². The molecule has 0 bridgehead atoms. The van der Waals surface area contributed by atoms with Gasteiger partial charge in [-0.2, -0.15) is 0 Å². The lowest BCUT2D eigenvalue weighted by Gasteiger charge is -2.18. The third-order valence-corrected chi connectivity index (χ3v) is 5.95. The van der Waals surface area contributed by atoms with Gasteiger partial charge in [-0.1, -0.05) is 55.1 Å². The molecule has 0 aliphatic carbocycles. The summed E-state index contributed by atoms with van der Waals surface area (Å²) < 4.78 is 5.24. The molecule has 0 spiro atoms. The van der Waals surface area contributed by atoms with Gasteiger partial charge >= 0.3 is 5.97 Å². The van der Waals surface area contributed by atoms with Gasteiger partial charge in [-0.15, -0.1) is 0 Å². The Morgan fingerprint density at radius 1 is 1.00 bits per heavy atom. The van der Waals surface area contributed by atoms with Crippen molar-refractivity contribution < 1.29 is 9.53 Å². The van der Waals surface area contributed by atoms with E-state index in [-0.39, 0.29) is 5.97 Å². The predicted octanol–water partition coefficient (Wildman–Crippen LogP) is 5.19. The maximum Gasteiger partial charge on any atom is 0.310 e.